The van der Waals surface area contributed by atoms with Crippen LogP contribution >= 0.6 is 0 Å². The highest BCUT2D eigenvalue weighted by atomic mass is 16.4. The lowest BCUT2D eigenvalue weighted by Crippen LogP contribution is -2.06. The average Bonchev–Trinajstić information content (AvgIpc) is 2.47. The first-order chi connectivity index (χ1) is 9.61. The molecular formula is C18H18O2. The zero-order valence-corrected chi connectivity index (χ0v) is 11.7. The minimum absolute atomic E-state index is 0.474. The van der Waals surface area contributed by atoms with Gasteiger partial charge in [0.25, 0.3) is 0 Å². The van der Waals surface area contributed by atoms with Crippen molar-refractivity contribution in [1.82, 2.24) is 0 Å². The molecule has 0 aromatic heterocycles. The van der Waals surface area contributed by atoms with E-state index in [1.165, 1.54) is 0 Å². The van der Waals surface area contributed by atoms with E-state index in [1.807, 2.05) is 43.3 Å². The Morgan fingerprint density at radius 3 is 2.40 bits per heavy atom. The summed E-state index contributed by atoms with van der Waals surface area (Å²) in [6.07, 6.45) is 4.07. The molecule has 0 fully saturated rings. The molecule has 0 aliphatic rings. The molecule has 0 aliphatic heterocycles. The summed E-state index contributed by atoms with van der Waals surface area (Å²) in [6, 6.07) is 16.0. The number of benzene rings is 2. The van der Waals surface area contributed by atoms with Gasteiger partial charge in [0.2, 0.25) is 0 Å². The zero-order valence-electron chi connectivity index (χ0n) is 11.7. The fourth-order valence-corrected chi connectivity index (χ4v) is 2.12. The van der Waals surface area contributed by atoms with Gasteiger partial charge in [0, 0.05) is 0 Å². The minimum Gasteiger partial charge on any atom is -0.481 e. The molecule has 0 saturated carbocycles. The normalized spacial score (nSPS) is 12.5. The van der Waals surface area contributed by atoms with Crippen LogP contribution in [0.1, 0.15) is 30.9 Å². The van der Waals surface area contributed by atoms with Gasteiger partial charge in [-0.05, 0) is 42.2 Å². The number of allylic oxidation sites excluding steroid dienone is 1. The Labute approximate surface area is 119 Å². The summed E-state index contributed by atoms with van der Waals surface area (Å²) < 4.78 is 0. The molecular weight excluding hydrogens is 248 g/mol. The maximum atomic E-state index is 11.0. The maximum absolute atomic E-state index is 11.0. The van der Waals surface area contributed by atoms with Crippen LogP contribution in [0.3, 0.4) is 0 Å². The average molecular weight is 266 g/mol. The van der Waals surface area contributed by atoms with Gasteiger partial charge in [-0.1, -0.05) is 54.6 Å². The number of carboxylic acid groups (broad SMARTS) is 1. The molecule has 2 aromatic rings. The number of carboxylic acids is 1. The number of carbonyl (C=O) groups is 1. The van der Waals surface area contributed by atoms with Crippen LogP contribution in [-0.2, 0) is 4.79 Å². The number of aliphatic carboxylic acids is 1. The third-order valence-electron chi connectivity index (χ3n) is 3.36. The molecule has 2 nitrogen and oxygen atoms in total. The van der Waals surface area contributed by atoms with Crippen LogP contribution < -0.4 is 0 Å². The van der Waals surface area contributed by atoms with Crippen molar-refractivity contribution in [3.05, 3.63) is 65.7 Å². The molecule has 2 heteroatoms. The van der Waals surface area contributed by atoms with Crippen LogP contribution in [0.4, 0.5) is 0 Å². The van der Waals surface area contributed by atoms with E-state index in [4.69, 9.17) is 5.11 Å². The topological polar surface area (TPSA) is 37.3 Å². The van der Waals surface area contributed by atoms with Crippen LogP contribution in [0.2, 0.25) is 0 Å². The molecule has 2 aromatic carbocycles. The second kappa shape index (κ2) is 6.20. The molecule has 0 saturated heterocycles. The molecule has 0 bridgehead atoms. The Morgan fingerprint density at radius 1 is 1.10 bits per heavy atom. The second-order valence-corrected chi connectivity index (χ2v) is 4.81. The second-order valence-electron chi connectivity index (χ2n) is 4.81. The summed E-state index contributed by atoms with van der Waals surface area (Å²) >= 11 is 0. The summed E-state index contributed by atoms with van der Waals surface area (Å²) in [7, 11) is 0. The molecule has 1 unspecified atom stereocenters. The van der Waals surface area contributed by atoms with Crippen LogP contribution in [0.5, 0.6) is 0 Å². The van der Waals surface area contributed by atoms with Crippen molar-refractivity contribution in [2.75, 3.05) is 0 Å². The lowest BCUT2D eigenvalue weighted by atomic mass is 9.97. The Bertz CT molecular complexity index is 624. The molecule has 0 radical (unpaired) electrons. The first kappa shape index (κ1) is 14.1. The SMILES string of the molecule is CC=Cc1cccc(-c2ccc(C(C)C(=O)O)cc2)c1. The van der Waals surface area contributed by atoms with Crippen molar-refractivity contribution in [2.45, 2.75) is 19.8 Å². The van der Waals surface area contributed by atoms with Crippen molar-refractivity contribution in [2.24, 2.45) is 0 Å². The molecule has 0 aliphatic carbocycles. The maximum Gasteiger partial charge on any atom is 0.310 e. The molecule has 1 N–H and O–H groups in total. The van der Waals surface area contributed by atoms with E-state index in [1.54, 1.807) is 6.92 Å². The van der Waals surface area contributed by atoms with E-state index >= 15 is 0 Å². The number of hydrogen-bond acceptors (Lipinski definition) is 1. The first-order valence-corrected chi connectivity index (χ1v) is 6.67. The molecule has 1 atom stereocenters. The molecule has 0 heterocycles. The van der Waals surface area contributed by atoms with Gasteiger partial charge >= 0.3 is 5.97 Å². The fourth-order valence-electron chi connectivity index (χ4n) is 2.12. The summed E-state index contributed by atoms with van der Waals surface area (Å²) in [5, 5.41) is 9.01. The van der Waals surface area contributed by atoms with Gasteiger partial charge < -0.3 is 5.11 Å². The zero-order chi connectivity index (χ0) is 14.5. The van der Waals surface area contributed by atoms with Crippen LogP contribution in [0, 0.1) is 0 Å². The van der Waals surface area contributed by atoms with Gasteiger partial charge in [0.1, 0.15) is 0 Å². The fraction of sp³-hybridized carbons (Fsp3) is 0.167. The smallest absolute Gasteiger partial charge is 0.310 e. The summed E-state index contributed by atoms with van der Waals surface area (Å²) in [5.74, 6) is -1.27. The minimum atomic E-state index is -0.798. The van der Waals surface area contributed by atoms with E-state index in [0.29, 0.717) is 0 Å². The van der Waals surface area contributed by atoms with E-state index in [9.17, 15) is 4.79 Å². The standard InChI is InChI=1S/C18H18O2/c1-3-5-14-6-4-7-17(12-14)16-10-8-15(9-11-16)13(2)18(19)20/h3-13H,1-2H3,(H,19,20). The molecule has 102 valence electrons. The quantitative estimate of drug-likeness (QED) is 0.879. The van der Waals surface area contributed by atoms with Gasteiger partial charge in [-0.15, -0.1) is 0 Å². The van der Waals surface area contributed by atoms with Crippen molar-refractivity contribution >= 4 is 12.0 Å². The Kier molecular flexibility index (Phi) is 4.36. The van der Waals surface area contributed by atoms with E-state index in [0.717, 1.165) is 22.3 Å². The highest BCUT2D eigenvalue weighted by Crippen LogP contribution is 2.24. The summed E-state index contributed by atoms with van der Waals surface area (Å²) in [6.45, 7) is 3.69. The largest absolute Gasteiger partial charge is 0.481 e. The highest BCUT2D eigenvalue weighted by Gasteiger charge is 2.13. The van der Waals surface area contributed by atoms with Crippen LogP contribution in [0.25, 0.3) is 17.2 Å². The van der Waals surface area contributed by atoms with E-state index in [2.05, 4.69) is 24.3 Å². The highest BCUT2D eigenvalue weighted by molar-refractivity contribution is 5.76. The van der Waals surface area contributed by atoms with Crippen molar-refractivity contribution in [3.8, 4) is 11.1 Å². The Balaban J connectivity index is 2.30. The third-order valence-corrected chi connectivity index (χ3v) is 3.36. The van der Waals surface area contributed by atoms with Crippen LogP contribution in [-0.4, -0.2) is 11.1 Å². The first-order valence-electron chi connectivity index (χ1n) is 6.67. The van der Waals surface area contributed by atoms with Crippen LogP contribution in [0.15, 0.2) is 54.6 Å². The van der Waals surface area contributed by atoms with Gasteiger partial charge in [-0.3, -0.25) is 4.79 Å². The Hall–Kier alpha value is -2.35. The molecule has 0 spiro atoms. The number of hydrogen-bond donors (Lipinski definition) is 1. The predicted octanol–water partition coefficient (Wildman–Crippen LogP) is 4.57. The summed E-state index contributed by atoms with van der Waals surface area (Å²) in [4.78, 5) is 11.0. The van der Waals surface area contributed by atoms with E-state index < -0.39 is 11.9 Å². The van der Waals surface area contributed by atoms with Gasteiger partial charge in [0.05, 0.1) is 5.92 Å². The van der Waals surface area contributed by atoms with Crippen molar-refractivity contribution in [1.29, 1.82) is 0 Å². The molecule has 0 amide bonds. The molecule has 2 rings (SSSR count). The monoisotopic (exact) mass is 266 g/mol. The molecule has 20 heavy (non-hydrogen) atoms. The number of rotatable bonds is 4. The Morgan fingerprint density at radius 2 is 1.80 bits per heavy atom. The van der Waals surface area contributed by atoms with Gasteiger partial charge in [0.15, 0.2) is 0 Å². The predicted molar refractivity (Wildman–Crippen MR) is 82.6 cm³/mol. The van der Waals surface area contributed by atoms with Gasteiger partial charge in [-0.2, -0.15) is 0 Å². The van der Waals surface area contributed by atoms with Crippen molar-refractivity contribution < 1.29 is 9.90 Å². The van der Waals surface area contributed by atoms with Gasteiger partial charge in [-0.25, -0.2) is 0 Å². The van der Waals surface area contributed by atoms with Crippen molar-refractivity contribution in [3.63, 3.8) is 0 Å². The third kappa shape index (κ3) is 3.15. The van der Waals surface area contributed by atoms with E-state index in [-0.39, 0.29) is 0 Å². The lowest BCUT2D eigenvalue weighted by Gasteiger charge is -2.08. The lowest BCUT2D eigenvalue weighted by molar-refractivity contribution is -0.138. The summed E-state index contributed by atoms with van der Waals surface area (Å²) in [5.41, 5.74) is 4.21.